The Bertz CT molecular complexity index is 206. The molecule has 1 atom stereocenters. The maximum Gasteiger partial charge on any atom is 0.0729 e. The highest BCUT2D eigenvalue weighted by Gasteiger charge is 2.27. The highest BCUT2D eigenvalue weighted by atomic mass is 16.5. The van der Waals surface area contributed by atoms with E-state index in [9.17, 15) is 5.11 Å². The average Bonchev–Trinajstić information content (AvgIpc) is 2.00. The first-order chi connectivity index (χ1) is 6.53. The molecule has 14 heavy (non-hydrogen) atoms. The third-order valence-electron chi connectivity index (χ3n) is 2.53. The zero-order valence-electron chi connectivity index (χ0n) is 9.55. The van der Waals surface area contributed by atoms with Gasteiger partial charge in [0.25, 0.3) is 0 Å². The summed E-state index contributed by atoms with van der Waals surface area (Å²) in [5.74, 6) is 0. The number of hydrogen-bond donors (Lipinski definition) is 1. The molecular formula is C12H22O2. The molecule has 0 aliphatic heterocycles. The van der Waals surface area contributed by atoms with E-state index in [4.69, 9.17) is 4.74 Å². The number of ether oxygens (including phenoxy) is 1. The minimum absolute atomic E-state index is 0.221. The van der Waals surface area contributed by atoms with Gasteiger partial charge in [0.2, 0.25) is 0 Å². The van der Waals surface area contributed by atoms with E-state index < -0.39 is 0 Å². The van der Waals surface area contributed by atoms with Crippen molar-refractivity contribution < 1.29 is 9.84 Å². The zero-order valence-corrected chi connectivity index (χ0v) is 9.55. The summed E-state index contributed by atoms with van der Waals surface area (Å²) in [7, 11) is 0. The van der Waals surface area contributed by atoms with E-state index in [2.05, 4.69) is 20.8 Å². The summed E-state index contributed by atoms with van der Waals surface area (Å²) >= 11 is 0. The van der Waals surface area contributed by atoms with Gasteiger partial charge < -0.3 is 9.84 Å². The van der Waals surface area contributed by atoms with Gasteiger partial charge in [-0.1, -0.05) is 26.8 Å². The maximum absolute atomic E-state index is 9.64. The molecule has 0 fully saturated rings. The first-order valence-electron chi connectivity index (χ1n) is 5.49. The highest BCUT2D eigenvalue weighted by Crippen LogP contribution is 2.35. The second kappa shape index (κ2) is 4.94. The van der Waals surface area contributed by atoms with Gasteiger partial charge in [-0.05, 0) is 30.3 Å². The van der Waals surface area contributed by atoms with E-state index in [1.54, 1.807) is 0 Å². The molecule has 0 radical (unpaired) electrons. The number of rotatable bonds is 4. The topological polar surface area (TPSA) is 29.5 Å². The van der Waals surface area contributed by atoms with Crippen LogP contribution in [0.3, 0.4) is 0 Å². The molecule has 1 aliphatic rings. The van der Waals surface area contributed by atoms with Crippen LogP contribution >= 0.6 is 0 Å². The summed E-state index contributed by atoms with van der Waals surface area (Å²) < 4.78 is 5.48. The predicted octanol–water partition coefficient (Wildman–Crippen LogP) is 2.52. The van der Waals surface area contributed by atoms with Gasteiger partial charge in [-0.3, -0.25) is 0 Å². The van der Waals surface area contributed by atoms with Crippen molar-refractivity contribution in [2.45, 2.75) is 46.1 Å². The molecule has 0 bridgehead atoms. The molecule has 82 valence electrons. The van der Waals surface area contributed by atoms with Crippen LogP contribution in [0.2, 0.25) is 0 Å². The van der Waals surface area contributed by atoms with Gasteiger partial charge in [-0.25, -0.2) is 0 Å². The Balaban J connectivity index is 2.43. The van der Waals surface area contributed by atoms with Crippen LogP contribution in [0.25, 0.3) is 0 Å². The first-order valence-corrected chi connectivity index (χ1v) is 5.49. The van der Waals surface area contributed by atoms with Crippen molar-refractivity contribution in [3.05, 3.63) is 11.6 Å². The van der Waals surface area contributed by atoms with E-state index in [1.807, 2.05) is 6.08 Å². The van der Waals surface area contributed by atoms with Gasteiger partial charge in [-0.15, -0.1) is 0 Å². The molecule has 0 amide bonds. The summed E-state index contributed by atoms with van der Waals surface area (Å²) in [6.07, 6.45) is 4.65. The van der Waals surface area contributed by atoms with Crippen LogP contribution in [0.15, 0.2) is 11.6 Å². The van der Waals surface area contributed by atoms with E-state index in [0.717, 1.165) is 25.9 Å². The van der Waals surface area contributed by atoms with Gasteiger partial charge >= 0.3 is 0 Å². The standard InChI is InChI=1S/C12H22O2/c1-4-5-14-9-10-6-11(13)8-12(2,3)7-10/h6,11,13H,4-5,7-9H2,1-3H3. The Kier molecular flexibility index (Phi) is 4.14. The molecule has 2 nitrogen and oxygen atoms in total. The van der Waals surface area contributed by atoms with Crippen molar-refractivity contribution in [2.24, 2.45) is 5.41 Å². The molecular weight excluding hydrogens is 176 g/mol. The Morgan fingerprint density at radius 1 is 1.57 bits per heavy atom. The predicted molar refractivity (Wildman–Crippen MR) is 58.2 cm³/mol. The molecule has 1 rings (SSSR count). The molecule has 0 spiro atoms. The fraction of sp³-hybridized carbons (Fsp3) is 0.833. The minimum Gasteiger partial charge on any atom is -0.389 e. The fourth-order valence-electron chi connectivity index (χ4n) is 2.09. The van der Waals surface area contributed by atoms with Crippen LogP contribution in [0, 0.1) is 5.41 Å². The van der Waals surface area contributed by atoms with Crippen LogP contribution in [0.1, 0.15) is 40.0 Å². The van der Waals surface area contributed by atoms with Crippen molar-refractivity contribution in [1.82, 2.24) is 0 Å². The van der Waals surface area contributed by atoms with E-state index in [1.165, 1.54) is 5.57 Å². The lowest BCUT2D eigenvalue weighted by atomic mass is 9.76. The van der Waals surface area contributed by atoms with Crippen molar-refractivity contribution in [2.75, 3.05) is 13.2 Å². The van der Waals surface area contributed by atoms with E-state index in [0.29, 0.717) is 6.61 Å². The Labute approximate surface area is 87.0 Å². The van der Waals surface area contributed by atoms with Crippen LogP contribution in [-0.4, -0.2) is 24.4 Å². The van der Waals surface area contributed by atoms with Crippen molar-refractivity contribution >= 4 is 0 Å². The van der Waals surface area contributed by atoms with Crippen LogP contribution < -0.4 is 0 Å². The Hall–Kier alpha value is -0.340. The third kappa shape index (κ3) is 3.81. The zero-order chi connectivity index (χ0) is 10.6. The largest absolute Gasteiger partial charge is 0.389 e. The lowest BCUT2D eigenvalue weighted by molar-refractivity contribution is 0.115. The maximum atomic E-state index is 9.64. The number of aliphatic hydroxyl groups is 1. The highest BCUT2D eigenvalue weighted by molar-refractivity contribution is 5.13. The second-order valence-electron chi connectivity index (χ2n) is 4.99. The van der Waals surface area contributed by atoms with E-state index >= 15 is 0 Å². The molecule has 2 heteroatoms. The lowest BCUT2D eigenvalue weighted by Gasteiger charge is -2.32. The summed E-state index contributed by atoms with van der Waals surface area (Å²) in [5, 5.41) is 9.64. The van der Waals surface area contributed by atoms with Gasteiger partial charge in [0.1, 0.15) is 0 Å². The molecule has 0 saturated heterocycles. The normalized spacial score (nSPS) is 26.0. The molecule has 1 unspecified atom stereocenters. The van der Waals surface area contributed by atoms with Gasteiger partial charge in [0.05, 0.1) is 12.7 Å². The van der Waals surface area contributed by atoms with Gasteiger partial charge in [0, 0.05) is 6.61 Å². The molecule has 0 saturated carbocycles. The van der Waals surface area contributed by atoms with Gasteiger partial charge in [-0.2, -0.15) is 0 Å². The SMILES string of the molecule is CCCOCC1=CC(O)CC(C)(C)C1. The average molecular weight is 198 g/mol. The Morgan fingerprint density at radius 3 is 2.86 bits per heavy atom. The lowest BCUT2D eigenvalue weighted by Crippen LogP contribution is -2.26. The molecule has 1 N–H and O–H groups in total. The first kappa shape index (κ1) is 11.7. The Morgan fingerprint density at radius 2 is 2.29 bits per heavy atom. The number of hydrogen-bond acceptors (Lipinski definition) is 2. The third-order valence-corrected chi connectivity index (χ3v) is 2.53. The van der Waals surface area contributed by atoms with Crippen molar-refractivity contribution in [1.29, 1.82) is 0 Å². The molecule has 0 aromatic rings. The van der Waals surface area contributed by atoms with Crippen LogP contribution in [0.4, 0.5) is 0 Å². The summed E-state index contributed by atoms with van der Waals surface area (Å²) in [5.41, 5.74) is 1.47. The van der Waals surface area contributed by atoms with Crippen LogP contribution in [-0.2, 0) is 4.74 Å². The molecule has 1 aliphatic carbocycles. The summed E-state index contributed by atoms with van der Waals surface area (Å²) in [6.45, 7) is 8.00. The summed E-state index contributed by atoms with van der Waals surface area (Å²) in [4.78, 5) is 0. The van der Waals surface area contributed by atoms with Crippen molar-refractivity contribution in [3.8, 4) is 0 Å². The summed E-state index contributed by atoms with van der Waals surface area (Å²) in [6, 6.07) is 0. The van der Waals surface area contributed by atoms with Gasteiger partial charge in [0.15, 0.2) is 0 Å². The second-order valence-corrected chi connectivity index (χ2v) is 4.99. The quantitative estimate of drug-likeness (QED) is 0.555. The molecule has 0 aromatic heterocycles. The smallest absolute Gasteiger partial charge is 0.0729 e. The minimum atomic E-state index is -0.279. The molecule has 0 heterocycles. The number of aliphatic hydroxyl groups excluding tert-OH is 1. The van der Waals surface area contributed by atoms with E-state index in [-0.39, 0.29) is 11.5 Å². The molecule has 0 aromatic carbocycles. The monoisotopic (exact) mass is 198 g/mol. The fourth-order valence-corrected chi connectivity index (χ4v) is 2.09. The van der Waals surface area contributed by atoms with Crippen LogP contribution in [0.5, 0.6) is 0 Å². The van der Waals surface area contributed by atoms with Crippen molar-refractivity contribution in [3.63, 3.8) is 0 Å².